The molecule has 4 rings (SSSR count). The van der Waals surface area contributed by atoms with E-state index in [2.05, 4.69) is 4.99 Å². The van der Waals surface area contributed by atoms with Crippen molar-refractivity contribution < 1.29 is 28.5 Å². The number of methoxy groups -OCH3 is 3. The SMILES string of the molecule is CCOC(=O)C1=C(C)N=c2s/c(=C\c3ccc(OC)c(OCC)c3)c(=O)n2[C@@H]1c1cc(OC)ccc1OC. The lowest BCUT2D eigenvalue weighted by molar-refractivity contribution is -0.139. The lowest BCUT2D eigenvalue weighted by atomic mass is 9.94. The number of esters is 1. The second kappa shape index (κ2) is 11.6. The fourth-order valence-corrected chi connectivity index (χ4v) is 5.39. The number of ether oxygens (including phenoxy) is 5. The molecule has 0 radical (unpaired) electrons. The highest BCUT2D eigenvalue weighted by atomic mass is 32.1. The number of allylic oxidation sites excluding steroid dienone is 1. The highest BCUT2D eigenvalue weighted by molar-refractivity contribution is 7.07. The molecule has 0 amide bonds. The molecule has 2 heterocycles. The van der Waals surface area contributed by atoms with Crippen LogP contribution >= 0.6 is 11.3 Å². The monoisotopic (exact) mass is 538 g/mol. The molecule has 10 heteroatoms. The Kier molecular flexibility index (Phi) is 8.21. The van der Waals surface area contributed by atoms with E-state index in [9.17, 15) is 9.59 Å². The van der Waals surface area contributed by atoms with E-state index in [0.717, 1.165) is 5.56 Å². The van der Waals surface area contributed by atoms with E-state index in [1.807, 2.05) is 19.1 Å². The number of fused-ring (bicyclic) bond motifs is 1. The standard InChI is InChI=1S/C28H30N2O7S/c1-7-36-22-13-17(9-11-21(22)35-6)14-23-26(31)30-25(19-15-18(33-4)10-12-20(19)34-5)24(27(32)37-8-2)16(3)29-28(30)38-23/h9-15,25H,7-8H2,1-6H3/b23-14-/t25-/m1/s1. The molecule has 1 aromatic heterocycles. The van der Waals surface area contributed by atoms with Gasteiger partial charge in [0.15, 0.2) is 16.3 Å². The zero-order chi connectivity index (χ0) is 27.4. The molecule has 2 aromatic carbocycles. The molecule has 38 heavy (non-hydrogen) atoms. The van der Waals surface area contributed by atoms with Gasteiger partial charge in [0.2, 0.25) is 0 Å². The Morgan fingerprint density at radius 3 is 2.39 bits per heavy atom. The third-order valence-electron chi connectivity index (χ3n) is 6.03. The van der Waals surface area contributed by atoms with Crippen molar-refractivity contribution >= 4 is 23.4 Å². The molecule has 9 nitrogen and oxygen atoms in total. The van der Waals surface area contributed by atoms with E-state index in [1.54, 1.807) is 58.4 Å². The molecule has 0 saturated heterocycles. The second-order valence-electron chi connectivity index (χ2n) is 8.25. The van der Waals surface area contributed by atoms with Crippen molar-refractivity contribution in [1.29, 1.82) is 0 Å². The van der Waals surface area contributed by atoms with Crippen LogP contribution in [-0.4, -0.2) is 45.1 Å². The first-order valence-corrected chi connectivity index (χ1v) is 12.9. The minimum Gasteiger partial charge on any atom is -0.497 e. The maximum absolute atomic E-state index is 13.9. The van der Waals surface area contributed by atoms with Crippen molar-refractivity contribution in [2.45, 2.75) is 26.8 Å². The number of aromatic nitrogens is 1. The predicted molar refractivity (Wildman–Crippen MR) is 144 cm³/mol. The molecule has 0 saturated carbocycles. The summed E-state index contributed by atoms with van der Waals surface area (Å²) in [7, 11) is 4.66. The van der Waals surface area contributed by atoms with Gasteiger partial charge in [0.1, 0.15) is 17.5 Å². The van der Waals surface area contributed by atoms with Crippen molar-refractivity contribution in [2.75, 3.05) is 34.5 Å². The fourth-order valence-electron chi connectivity index (χ4n) is 4.34. The summed E-state index contributed by atoms with van der Waals surface area (Å²) in [5, 5.41) is 0. The number of carbonyl (C=O) groups excluding carboxylic acids is 1. The van der Waals surface area contributed by atoms with Crippen molar-refractivity contribution in [1.82, 2.24) is 4.57 Å². The van der Waals surface area contributed by atoms with Gasteiger partial charge in [0, 0.05) is 5.56 Å². The predicted octanol–water partition coefficient (Wildman–Crippen LogP) is 3.22. The van der Waals surface area contributed by atoms with Crippen LogP contribution in [-0.2, 0) is 9.53 Å². The van der Waals surface area contributed by atoms with E-state index in [4.69, 9.17) is 23.7 Å². The molecule has 0 aliphatic carbocycles. The van der Waals surface area contributed by atoms with Crippen molar-refractivity contribution in [3.8, 4) is 23.0 Å². The zero-order valence-electron chi connectivity index (χ0n) is 22.2. The van der Waals surface area contributed by atoms with E-state index in [0.29, 0.717) is 50.2 Å². The molecule has 3 aromatic rings. The first-order valence-electron chi connectivity index (χ1n) is 12.1. The number of rotatable bonds is 9. The van der Waals surface area contributed by atoms with Crippen molar-refractivity contribution in [3.05, 3.63) is 78.5 Å². The summed E-state index contributed by atoms with van der Waals surface area (Å²) in [6.07, 6.45) is 1.77. The summed E-state index contributed by atoms with van der Waals surface area (Å²) in [4.78, 5) is 32.2. The van der Waals surface area contributed by atoms with Crippen LogP contribution in [0.25, 0.3) is 6.08 Å². The van der Waals surface area contributed by atoms with Crippen LogP contribution in [0.2, 0.25) is 0 Å². The van der Waals surface area contributed by atoms with Crippen molar-refractivity contribution in [2.24, 2.45) is 4.99 Å². The third kappa shape index (κ3) is 5.04. The van der Waals surface area contributed by atoms with Gasteiger partial charge < -0.3 is 23.7 Å². The first kappa shape index (κ1) is 27.0. The van der Waals surface area contributed by atoms with E-state index in [1.165, 1.54) is 23.0 Å². The smallest absolute Gasteiger partial charge is 0.338 e. The average molecular weight is 539 g/mol. The molecular weight excluding hydrogens is 508 g/mol. The summed E-state index contributed by atoms with van der Waals surface area (Å²) >= 11 is 1.24. The topological polar surface area (TPSA) is 97.6 Å². The van der Waals surface area contributed by atoms with Crippen LogP contribution in [0.4, 0.5) is 0 Å². The molecule has 200 valence electrons. The normalized spacial score (nSPS) is 15.0. The lowest BCUT2D eigenvalue weighted by Gasteiger charge is -2.26. The van der Waals surface area contributed by atoms with E-state index < -0.39 is 12.0 Å². The number of hydrogen-bond acceptors (Lipinski definition) is 9. The maximum Gasteiger partial charge on any atom is 0.338 e. The lowest BCUT2D eigenvalue weighted by Crippen LogP contribution is -2.40. The van der Waals surface area contributed by atoms with Crippen molar-refractivity contribution in [3.63, 3.8) is 0 Å². The van der Waals surface area contributed by atoms with Gasteiger partial charge in [-0.25, -0.2) is 9.79 Å². The van der Waals surface area contributed by atoms with Gasteiger partial charge in [-0.3, -0.25) is 9.36 Å². The van der Waals surface area contributed by atoms with Gasteiger partial charge in [0.25, 0.3) is 5.56 Å². The number of hydrogen-bond donors (Lipinski definition) is 0. The Morgan fingerprint density at radius 1 is 1.00 bits per heavy atom. The Morgan fingerprint density at radius 2 is 1.74 bits per heavy atom. The third-order valence-corrected chi connectivity index (χ3v) is 7.02. The Balaban J connectivity index is 1.97. The van der Waals surface area contributed by atoms with Gasteiger partial charge >= 0.3 is 5.97 Å². The zero-order valence-corrected chi connectivity index (χ0v) is 23.0. The van der Waals surface area contributed by atoms with Gasteiger partial charge in [-0.05, 0) is 62.7 Å². The second-order valence-corrected chi connectivity index (χ2v) is 9.26. The van der Waals surface area contributed by atoms with Gasteiger partial charge in [-0.1, -0.05) is 17.4 Å². The van der Waals surface area contributed by atoms with Crippen LogP contribution in [0.3, 0.4) is 0 Å². The number of benzene rings is 2. The number of nitrogens with zero attached hydrogens (tertiary/aromatic N) is 2. The summed E-state index contributed by atoms with van der Waals surface area (Å²) in [6.45, 7) is 6.01. The molecule has 0 unspecified atom stereocenters. The fraction of sp³-hybridized carbons (Fsp3) is 0.321. The Bertz CT molecular complexity index is 1570. The highest BCUT2D eigenvalue weighted by Crippen LogP contribution is 2.38. The first-order chi connectivity index (χ1) is 18.4. The van der Waals surface area contributed by atoms with E-state index >= 15 is 0 Å². The Hall–Kier alpha value is -4.05. The van der Waals surface area contributed by atoms with Crippen LogP contribution in [0.15, 0.2) is 57.5 Å². The maximum atomic E-state index is 13.9. The van der Waals surface area contributed by atoms with Gasteiger partial charge in [-0.15, -0.1) is 0 Å². The summed E-state index contributed by atoms with van der Waals surface area (Å²) in [5.41, 5.74) is 1.78. The van der Waals surface area contributed by atoms with Crippen LogP contribution in [0, 0.1) is 0 Å². The quantitative estimate of drug-likeness (QED) is 0.386. The molecule has 0 N–H and O–H groups in total. The van der Waals surface area contributed by atoms with Crippen LogP contribution < -0.4 is 33.8 Å². The summed E-state index contributed by atoms with van der Waals surface area (Å²) in [5.74, 6) is 1.69. The highest BCUT2D eigenvalue weighted by Gasteiger charge is 2.35. The molecule has 0 bridgehead atoms. The minimum absolute atomic E-state index is 0.182. The summed E-state index contributed by atoms with van der Waals surface area (Å²) < 4.78 is 29.5. The van der Waals surface area contributed by atoms with Crippen LogP contribution in [0.1, 0.15) is 37.9 Å². The average Bonchev–Trinajstić information content (AvgIpc) is 3.22. The molecule has 0 spiro atoms. The van der Waals surface area contributed by atoms with Crippen LogP contribution in [0.5, 0.6) is 23.0 Å². The van der Waals surface area contributed by atoms with Gasteiger partial charge in [-0.2, -0.15) is 0 Å². The summed E-state index contributed by atoms with van der Waals surface area (Å²) in [6, 6.07) is 9.89. The molecule has 0 fully saturated rings. The molecule has 1 aliphatic heterocycles. The van der Waals surface area contributed by atoms with E-state index in [-0.39, 0.29) is 17.7 Å². The number of carbonyl (C=O) groups is 1. The molecule has 1 atom stereocenters. The molecule has 1 aliphatic rings. The minimum atomic E-state index is -0.827. The van der Waals surface area contributed by atoms with Gasteiger partial charge in [0.05, 0.1) is 50.3 Å². The largest absolute Gasteiger partial charge is 0.497 e. The Labute approximate surface area is 224 Å². The number of thiazole rings is 1. The molecular formula is C28H30N2O7S.